The van der Waals surface area contributed by atoms with Crippen molar-refractivity contribution in [3.05, 3.63) is 58.9 Å². The minimum Gasteiger partial charge on any atom is -0.377 e. The molecule has 2 rings (SSSR count). The summed E-state index contributed by atoms with van der Waals surface area (Å²) in [5.41, 5.74) is 0.919. The fraction of sp³-hybridized carbons (Fsp3) is 0.0769. The number of hydrogen-bond acceptors (Lipinski definition) is 3. The van der Waals surface area contributed by atoms with Crippen molar-refractivity contribution in [2.45, 2.75) is 11.8 Å². The third kappa shape index (κ3) is 3.24. The first-order valence-corrected chi connectivity index (χ1v) is 7.13. The van der Waals surface area contributed by atoms with E-state index >= 15 is 0 Å². The molecule has 0 unspecified atom stereocenters. The zero-order valence-electron chi connectivity index (χ0n) is 9.93. The standard InChI is InChI=1S/C13H10ClFO3S/c1-9-2-5-11(6-3-9)19(16,17)18-13-8-10(15)4-7-12(13)14/h2-8H,1H3. The molecule has 0 fully saturated rings. The monoisotopic (exact) mass is 300 g/mol. The number of rotatable bonds is 3. The molecule has 0 bridgehead atoms. The van der Waals surface area contributed by atoms with Crippen LogP contribution in [-0.2, 0) is 10.1 Å². The topological polar surface area (TPSA) is 43.4 Å². The van der Waals surface area contributed by atoms with Gasteiger partial charge in [0.1, 0.15) is 10.7 Å². The highest BCUT2D eigenvalue weighted by Gasteiger charge is 2.18. The molecule has 3 nitrogen and oxygen atoms in total. The molecule has 0 spiro atoms. The van der Waals surface area contributed by atoms with E-state index in [0.29, 0.717) is 0 Å². The molecule has 2 aromatic carbocycles. The Labute approximate surface area is 115 Å². The number of hydrogen-bond donors (Lipinski definition) is 0. The van der Waals surface area contributed by atoms with Crippen molar-refractivity contribution < 1.29 is 17.0 Å². The van der Waals surface area contributed by atoms with Crippen molar-refractivity contribution >= 4 is 21.7 Å². The second-order valence-corrected chi connectivity index (χ2v) is 5.88. The summed E-state index contributed by atoms with van der Waals surface area (Å²) in [5.74, 6) is -0.860. The first-order valence-electron chi connectivity index (χ1n) is 5.35. The van der Waals surface area contributed by atoms with Crippen molar-refractivity contribution in [2.24, 2.45) is 0 Å². The van der Waals surface area contributed by atoms with Gasteiger partial charge < -0.3 is 4.18 Å². The van der Waals surface area contributed by atoms with E-state index in [4.69, 9.17) is 15.8 Å². The molecule has 0 aliphatic heterocycles. The molecule has 0 saturated heterocycles. The first kappa shape index (κ1) is 13.8. The van der Waals surface area contributed by atoms with Crippen LogP contribution in [0.2, 0.25) is 5.02 Å². The summed E-state index contributed by atoms with van der Waals surface area (Å²) in [4.78, 5) is -0.0153. The van der Waals surface area contributed by atoms with Crippen LogP contribution >= 0.6 is 11.6 Å². The SMILES string of the molecule is Cc1ccc(S(=O)(=O)Oc2cc(F)ccc2Cl)cc1. The van der Waals surface area contributed by atoms with Crippen LogP contribution in [0.1, 0.15) is 5.56 Å². The molecule has 0 amide bonds. The molecule has 0 atom stereocenters. The van der Waals surface area contributed by atoms with Crippen molar-refractivity contribution in [1.82, 2.24) is 0 Å². The molecule has 100 valence electrons. The minimum absolute atomic E-state index is 0.0153. The summed E-state index contributed by atoms with van der Waals surface area (Å²) >= 11 is 5.76. The number of benzene rings is 2. The highest BCUT2D eigenvalue weighted by Crippen LogP contribution is 2.28. The van der Waals surface area contributed by atoms with Crippen LogP contribution in [0, 0.1) is 12.7 Å². The van der Waals surface area contributed by atoms with Gasteiger partial charge in [0.25, 0.3) is 0 Å². The molecule has 2 aromatic rings. The van der Waals surface area contributed by atoms with Gasteiger partial charge in [0.05, 0.1) is 5.02 Å². The van der Waals surface area contributed by atoms with E-state index in [1.165, 1.54) is 18.2 Å². The van der Waals surface area contributed by atoms with Gasteiger partial charge in [0.2, 0.25) is 0 Å². The highest BCUT2D eigenvalue weighted by molar-refractivity contribution is 7.87. The van der Waals surface area contributed by atoms with Crippen LogP contribution in [0.3, 0.4) is 0 Å². The van der Waals surface area contributed by atoms with E-state index in [2.05, 4.69) is 0 Å². The molecule has 19 heavy (non-hydrogen) atoms. The van der Waals surface area contributed by atoms with E-state index in [9.17, 15) is 12.8 Å². The number of halogens is 2. The molecule has 0 saturated carbocycles. The summed E-state index contributed by atoms with van der Waals surface area (Å²) in [5, 5.41) is 0.0251. The molecular weight excluding hydrogens is 291 g/mol. The van der Waals surface area contributed by atoms with Crippen molar-refractivity contribution in [1.29, 1.82) is 0 Å². The summed E-state index contributed by atoms with van der Waals surface area (Å²) in [6.45, 7) is 1.83. The molecule has 0 N–H and O–H groups in total. The second-order valence-electron chi connectivity index (χ2n) is 3.93. The largest absolute Gasteiger partial charge is 0.377 e. The van der Waals surface area contributed by atoms with E-state index in [1.54, 1.807) is 12.1 Å². The Kier molecular flexibility index (Phi) is 3.78. The quantitative estimate of drug-likeness (QED) is 0.814. The Morgan fingerprint density at radius 2 is 1.74 bits per heavy atom. The van der Waals surface area contributed by atoms with E-state index in [1.807, 2.05) is 6.92 Å². The fourth-order valence-corrected chi connectivity index (χ4v) is 2.55. The summed E-state index contributed by atoms with van der Waals surface area (Å²) in [6.07, 6.45) is 0. The van der Waals surface area contributed by atoms with Gasteiger partial charge in [-0.25, -0.2) is 4.39 Å². The average Bonchev–Trinajstić information content (AvgIpc) is 2.34. The van der Waals surface area contributed by atoms with Gasteiger partial charge in [-0.15, -0.1) is 0 Å². The Bertz CT molecular complexity index is 696. The van der Waals surface area contributed by atoms with Crippen LogP contribution in [0.4, 0.5) is 4.39 Å². The third-order valence-corrected chi connectivity index (χ3v) is 3.96. The van der Waals surface area contributed by atoms with Crippen molar-refractivity contribution in [3.63, 3.8) is 0 Å². The fourth-order valence-electron chi connectivity index (χ4n) is 1.41. The predicted molar refractivity (Wildman–Crippen MR) is 70.4 cm³/mol. The normalized spacial score (nSPS) is 11.3. The molecule has 0 heterocycles. The lowest BCUT2D eigenvalue weighted by atomic mass is 10.2. The Balaban J connectivity index is 2.36. The molecule has 0 aliphatic carbocycles. The Hall–Kier alpha value is -1.59. The third-order valence-electron chi connectivity index (χ3n) is 2.40. The predicted octanol–water partition coefficient (Wildman–Crippen LogP) is 3.56. The Morgan fingerprint density at radius 3 is 2.37 bits per heavy atom. The maximum absolute atomic E-state index is 13.0. The average molecular weight is 301 g/mol. The van der Waals surface area contributed by atoms with Gasteiger partial charge in [-0.1, -0.05) is 29.3 Å². The van der Waals surface area contributed by atoms with E-state index in [-0.39, 0.29) is 15.7 Å². The minimum atomic E-state index is -4.02. The van der Waals surface area contributed by atoms with Crippen LogP contribution in [-0.4, -0.2) is 8.42 Å². The lowest BCUT2D eigenvalue weighted by molar-refractivity contribution is 0.483. The second kappa shape index (κ2) is 5.19. The lowest BCUT2D eigenvalue weighted by Gasteiger charge is -2.08. The smallest absolute Gasteiger partial charge is 0.339 e. The van der Waals surface area contributed by atoms with Gasteiger partial charge in [-0.2, -0.15) is 8.42 Å². The molecule has 0 aromatic heterocycles. The molecule has 0 aliphatic rings. The van der Waals surface area contributed by atoms with E-state index < -0.39 is 15.9 Å². The maximum Gasteiger partial charge on any atom is 0.339 e. The van der Waals surface area contributed by atoms with E-state index in [0.717, 1.165) is 17.7 Å². The zero-order valence-corrected chi connectivity index (χ0v) is 11.5. The summed E-state index contributed by atoms with van der Waals surface area (Å²) in [6, 6.07) is 9.39. The highest BCUT2D eigenvalue weighted by atomic mass is 35.5. The summed E-state index contributed by atoms with van der Waals surface area (Å²) in [7, 11) is -4.02. The van der Waals surface area contributed by atoms with Crippen LogP contribution < -0.4 is 4.18 Å². The zero-order chi connectivity index (χ0) is 14.0. The Morgan fingerprint density at radius 1 is 1.11 bits per heavy atom. The van der Waals surface area contributed by atoms with Gasteiger partial charge in [-0.3, -0.25) is 0 Å². The van der Waals surface area contributed by atoms with Crippen molar-refractivity contribution in [3.8, 4) is 5.75 Å². The maximum atomic E-state index is 13.0. The van der Waals surface area contributed by atoms with Gasteiger partial charge in [0, 0.05) is 6.07 Å². The van der Waals surface area contributed by atoms with Gasteiger partial charge in [-0.05, 0) is 31.2 Å². The summed E-state index contributed by atoms with van der Waals surface area (Å²) < 4.78 is 41.8. The van der Waals surface area contributed by atoms with Crippen LogP contribution in [0.15, 0.2) is 47.4 Å². The molecular formula is C13H10ClFO3S. The molecule has 0 radical (unpaired) electrons. The first-order chi connectivity index (χ1) is 8.88. The van der Waals surface area contributed by atoms with Crippen LogP contribution in [0.5, 0.6) is 5.75 Å². The molecule has 6 heteroatoms. The van der Waals surface area contributed by atoms with Crippen molar-refractivity contribution in [2.75, 3.05) is 0 Å². The number of aryl methyl sites for hydroxylation is 1. The lowest BCUT2D eigenvalue weighted by Crippen LogP contribution is -2.10. The van der Waals surface area contributed by atoms with Crippen LogP contribution in [0.25, 0.3) is 0 Å². The van der Waals surface area contributed by atoms with Gasteiger partial charge in [0.15, 0.2) is 5.75 Å². The van der Waals surface area contributed by atoms with Gasteiger partial charge >= 0.3 is 10.1 Å².